The number of amides is 2. The van der Waals surface area contributed by atoms with E-state index in [-0.39, 0.29) is 6.03 Å². The molecule has 2 aliphatic rings. The molecule has 0 aromatic rings. The average Bonchev–Trinajstić information content (AvgIpc) is 2.93. The summed E-state index contributed by atoms with van der Waals surface area (Å²) in [5.41, 5.74) is 0. The molecule has 2 heterocycles. The standard InChI is InChI=1S/C15H27N3O3/c1-3-17-9-6-7-12(17)11-16(2)15(21)18-10-5-4-8-13(18)14(19)20/h12-13H,3-11H2,1-2H3,(H,19,20). The number of carbonyl (C=O) groups excluding carboxylic acids is 1. The number of nitrogens with zero attached hydrogens (tertiary/aromatic N) is 3. The summed E-state index contributed by atoms with van der Waals surface area (Å²) in [5, 5.41) is 9.28. The van der Waals surface area contributed by atoms with Crippen molar-refractivity contribution >= 4 is 12.0 Å². The molecule has 2 fully saturated rings. The minimum absolute atomic E-state index is 0.134. The van der Waals surface area contributed by atoms with Crippen LogP contribution in [-0.2, 0) is 4.79 Å². The third-order valence-corrected chi connectivity index (χ3v) is 4.75. The highest BCUT2D eigenvalue weighted by atomic mass is 16.4. The monoisotopic (exact) mass is 297 g/mol. The Morgan fingerprint density at radius 1 is 1.19 bits per heavy atom. The number of likely N-dealkylation sites (N-methyl/N-ethyl adjacent to an activating group) is 2. The van der Waals surface area contributed by atoms with Crippen LogP contribution < -0.4 is 0 Å². The van der Waals surface area contributed by atoms with E-state index in [1.54, 1.807) is 11.9 Å². The number of carboxylic acids is 1. The van der Waals surface area contributed by atoms with E-state index in [1.807, 2.05) is 0 Å². The third kappa shape index (κ3) is 3.67. The first kappa shape index (κ1) is 16.1. The quantitative estimate of drug-likeness (QED) is 0.853. The zero-order chi connectivity index (χ0) is 15.4. The number of rotatable bonds is 4. The van der Waals surface area contributed by atoms with Crippen LogP contribution in [0, 0.1) is 0 Å². The fourth-order valence-corrected chi connectivity index (χ4v) is 3.55. The topological polar surface area (TPSA) is 64.1 Å². The Kier molecular flexibility index (Phi) is 5.45. The lowest BCUT2D eigenvalue weighted by Gasteiger charge is -2.37. The van der Waals surface area contributed by atoms with Crippen molar-refractivity contribution < 1.29 is 14.7 Å². The number of aliphatic carboxylic acids is 1. The van der Waals surface area contributed by atoms with E-state index in [0.29, 0.717) is 25.6 Å². The largest absolute Gasteiger partial charge is 0.480 e. The Labute approximate surface area is 126 Å². The SMILES string of the molecule is CCN1CCCC1CN(C)C(=O)N1CCCCC1C(=O)O. The maximum absolute atomic E-state index is 12.6. The molecule has 6 heteroatoms. The summed E-state index contributed by atoms with van der Waals surface area (Å²) >= 11 is 0. The van der Waals surface area contributed by atoms with Crippen molar-refractivity contribution in [2.75, 3.05) is 33.2 Å². The highest BCUT2D eigenvalue weighted by Crippen LogP contribution is 2.21. The van der Waals surface area contributed by atoms with Crippen molar-refractivity contribution in [2.45, 2.75) is 51.1 Å². The number of carboxylic acid groups (broad SMARTS) is 1. The number of urea groups is 1. The summed E-state index contributed by atoms with van der Waals surface area (Å²) in [6.45, 7) is 5.50. The Hall–Kier alpha value is -1.30. The van der Waals surface area contributed by atoms with Crippen LogP contribution in [0.25, 0.3) is 0 Å². The second-order valence-electron chi connectivity index (χ2n) is 6.13. The normalized spacial score (nSPS) is 26.9. The van der Waals surface area contributed by atoms with E-state index in [4.69, 9.17) is 0 Å². The summed E-state index contributed by atoms with van der Waals surface area (Å²) in [7, 11) is 1.79. The van der Waals surface area contributed by atoms with Crippen LogP contribution in [0.3, 0.4) is 0 Å². The predicted molar refractivity (Wildman–Crippen MR) is 80.3 cm³/mol. The molecule has 0 radical (unpaired) electrons. The van der Waals surface area contributed by atoms with E-state index in [0.717, 1.165) is 32.4 Å². The van der Waals surface area contributed by atoms with Gasteiger partial charge in [-0.1, -0.05) is 6.92 Å². The number of likely N-dealkylation sites (tertiary alicyclic amines) is 2. The van der Waals surface area contributed by atoms with Crippen LogP contribution in [-0.4, -0.2) is 77.1 Å². The maximum Gasteiger partial charge on any atom is 0.326 e. The van der Waals surface area contributed by atoms with E-state index in [1.165, 1.54) is 11.3 Å². The second kappa shape index (κ2) is 7.11. The highest BCUT2D eigenvalue weighted by Gasteiger charge is 2.34. The molecule has 0 saturated carbocycles. The second-order valence-corrected chi connectivity index (χ2v) is 6.13. The summed E-state index contributed by atoms with van der Waals surface area (Å²) < 4.78 is 0. The van der Waals surface area contributed by atoms with Gasteiger partial charge in [-0.05, 0) is 45.2 Å². The molecule has 21 heavy (non-hydrogen) atoms. The van der Waals surface area contributed by atoms with Gasteiger partial charge in [0.2, 0.25) is 0 Å². The van der Waals surface area contributed by atoms with Crippen LogP contribution in [0.15, 0.2) is 0 Å². The summed E-state index contributed by atoms with van der Waals surface area (Å²) in [6.07, 6.45) is 4.65. The van der Waals surface area contributed by atoms with E-state index in [9.17, 15) is 14.7 Å². The summed E-state index contributed by atoms with van der Waals surface area (Å²) in [6, 6.07) is -0.373. The summed E-state index contributed by atoms with van der Waals surface area (Å²) in [4.78, 5) is 29.5. The van der Waals surface area contributed by atoms with Gasteiger partial charge in [0.05, 0.1) is 0 Å². The van der Waals surface area contributed by atoms with Gasteiger partial charge in [0.15, 0.2) is 0 Å². The molecule has 0 aliphatic carbocycles. The predicted octanol–water partition coefficient (Wildman–Crippen LogP) is 1.46. The molecule has 2 aliphatic heterocycles. The van der Waals surface area contributed by atoms with Crippen molar-refractivity contribution in [3.8, 4) is 0 Å². The van der Waals surface area contributed by atoms with Crippen molar-refractivity contribution in [1.82, 2.24) is 14.7 Å². The number of hydrogen-bond donors (Lipinski definition) is 1. The van der Waals surface area contributed by atoms with E-state index < -0.39 is 12.0 Å². The Balaban J connectivity index is 1.95. The van der Waals surface area contributed by atoms with Crippen LogP contribution in [0.4, 0.5) is 4.79 Å². The average molecular weight is 297 g/mol. The molecule has 6 nitrogen and oxygen atoms in total. The van der Waals surface area contributed by atoms with Gasteiger partial charge in [-0.3, -0.25) is 4.90 Å². The molecule has 0 aromatic heterocycles. The van der Waals surface area contributed by atoms with E-state index >= 15 is 0 Å². The molecule has 1 N–H and O–H groups in total. The van der Waals surface area contributed by atoms with Gasteiger partial charge in [0.25, 0.3) is 0 Å². The fraction of sp³-hybridized carbons (Fsp3) is 0.867. The molecular weight excluding hydrogens is 270 g/mol. The lowest BCUT2D eigenvalue weighted by atomic mass is 10.0. The lowest BCUT2D eigenvalue weighted by Crippen LogP contribution is -2.54. The van der Waals surface area contributed by atoms with Crippen LogP contribution >= 0.6 is 0 Å². The number of hydrogen-bond acceptors (Lipinski definition) is 3. The Bertz CT molecular complexity index is 388. The lowest BCUT2D eigenvalue weighted by molar-refractivity contribution is -0.143. The molecule has 2 unspecified atom stereocenters. The summed E-state index contributed by atoms with van der Waals surface area (Å²) in [5.74, 6) is -0.882. The number of piperidine rings is 1. The van der Waals surface area contributed by atoms with Crippen LogP contribution in [0.2, 0.25) is 0 Å². The molecule has 2 saturated heterocycles. The molecule has 120 valence electrons. The van der Waals surface area contributed by atoms with Crippen molar-refractivity contribution in [3.63, 3.8) is 0 Å². The fourth-order valence-electron chi connectivity index (χ4n) is 3.55. The molecule has 2 rings (SSSR count). The Morgan fingerprint density at radius 3 is 2.62 bits per heavy atom. The molecule has 2 amide bonds. The van der Waals surface area contributed by atoms with Gasteiger partial charge in [-0.25, -0.2) is 9.59 Å². The highest BCUT2D eigenvalue weighted by molar-refractivity contribution is 5.82. The van der Waals surface area contributed by atoms with Gasteiger partial charge < -0.3 is 14.9 Å². The first-order chi connectivity index (χ1) is 10.0. The van der Waals surface area contributed by atoms with Crippen LogP contribution in [0.5, 0.6) is 0 Å². The van der Waals surface area contributed by atoms with Gasteiger partial charge in [-0.15, -0.1) is 0 Å². The van der Waals surface area contributed by atoms with Gasteiger partial charge in [0, 0.05) is 26.2 Å². The van der Waals surface area contributed by atoms with Crippen LogP contribution in [0.1, 0.15) is 39.0 Å². The first-order valence-electron chi connectivity index (χ1n) is 8.03. The van der Waals surface area contributed by atoms with Gasteiger partial charge >= 0.3 is 12.0 Å². The minimum Gasteiger partial charge on any atom is -0.480 e. The van der Waals surface area contributed by atoms with Gasteiger partial charge in [0.1, 0.15) is 6.04 Å². The maximum atomic E-state index is 12.6. The zero-order valence-electron chi connectivity index (χ0n) is 13.1. The molecule has 0 bridgehead atoms. The molecular formula is C15H27N3O3. The zero-order valence-corrected chi connectivity index (χ0v) is 13.1. The van der Waals surface area contributed by atoms with Gasteiger partial charge in [-0.2, -0.15) is 0 Å². The Morgan fingerprint density at radius 2 is 1.95 bits per heavy atom. The molecule has 0 spiro atoms. The van der Waals surface area contributed by atoms with E-state index in [2.05, 4.69) is 11.8 Å². The van der Waals surface area contributed by atoms with Crippen molar-refractivity contribution in [1.29, 1.82) is 0 Å². The molecule has 2 atom stereocenters. The third-order valence-electron chi connectivity index (χ3n) is 4.75. The minimum atomic E-state index is -0.882. The number of carbonyl (C=O) groups is 2. The molecule has 0 aromatic carbocycles. The van der Waals surface area contributed by atoms with Crippen molar-refractivity contribution in [2.24, 2.45) is 0 Å². The smallest absolute Gasteiger partial charge is 0.326 e. The van der Waals surface area contributed by atoms with Crippen molar-refractivity contribution in [3.05, 3.63) is 0 Å². The first-order valence-corrected chi connectivity index (χ1v) is 8.03.